The largest absolute Gasteiger partial charge is 0.480 e. The van der Waals surface area contributed by atoms with E-state index in [1.807, 2.05) is 0 Å². The smallest absolute Gasteiger partial charge is 0.362 e. The number of nitrogens with zero attached hydrogens (tertiary/aromatic N) is 1. The van der Waals surface area contributed by atoms with Crippen molar-refractivity contribution in [2.24, 2.45) is 0 Å². The summed E-state index contributed by atoms with van der Waals surface area (Å²) >= 11 is 1.24. The van der Waals surface area contributed by atoms with Crippen LogP contribution in [0.15, 0.2) is 23.7 Å². The van der Waals surface area contributed by atoms with E-state index in [4.69, 9.17) is 14.5 Å². The van der Waals surface area contributed by atoms with Gasteiger partial charge in [0.2, 0.25) is 5.78 Å². The van der Waals surface area contributed by atoms with Crippen molar-refractivity contribution in [1.29, 1.82) is 0 Å². The lowest BCUT2D eigenvalue weighted by atomic mass is 10.1. The zero-order valence-corrected chi connectivity index (χ0v) is 11.1. The molecule has 1 heterocycles. The average molecular weight is 297 g/mol. The second-order valence-corrected chi connectivity index (χ2v) is 6.42. The molecule has 1 aliphatic carbocycles. The minimum atomic E-state index is -4.27. The molecule has 19 heavy (non-hydrogen) atoms. The number of hydrogen-bond acceptors (Lipinski definition) is 5. The van der Waals surface area contributed by atoms with Crippen LogP contribution >= 0.6 is 18.9 Å². The Morgan fingerprint density at radius 2 is 2.16 bits per heavy atom. The SMILES string of the molecule is O=C1c2cccc(OCP(=O)(O)O)c2-c2ncsc21. The Hall–Kier alpha value is -1.53. The minimum absolute atomic E-state index is 0.130. The zero-order chi connectivity index (χ0) is 13.6. The Balaban J connectivity index is 2.07. The number of benzene rings is 1. The van der Waals surface area contributed by atoms with Gasteiger partial charge in [-0.3, -0.25) is 9.36 Å². The Kier molecular flexibility index (Phi) is 2.79. The van der Waals surface area contributed by atoms with Gasteiger partial charge >= 0.3 is 7.60 Å². The first kappa shape index (κ1) is 12.5. The number of hydrogen-bond donors (Lipinski definition) is 2. The summed E-state index contributed by atoms with van der Waals surface area (Å²) < 4.78 is 16.0. The predicted molar refractivity (Wildman–Crippen MR) is 68.5 cm³/mol. The summed E-state index contributed by atoms with van der Waals surface area (Å²) in [5.41, 5.74) is 3.05. The van der Waals surface area contributed by atoms with E-state index in [0.29, 0.717) is 21.7 Å². The van der Waals surface area contributed by atoms with E-state index in [1.54, 1.807) is 23.7 Å². The van der Waals surface area contributed by atoms with Crippen LogP contribution in [0.5, 0.6) is 5.75 Å². The number of ether oxygens (including phenoxy) is 1. The molecule has 0 atom stereocenters. The number of thiazole rings is 1. The first-order valence-electron chi connectivity index (χ1n) is 5.26. The van der Waals surface area contributed by atoms with Crippen molar-refractivity contribution in [1.82, 2.24) is 4.98 Å². The summed E-state index contributed by atoms with van der Waals surface area (Å²) in [7, 11) is -4.27. The van der Waals surface area contributed by atoms with Gasteiger partial charge in [0.15, 0.2) is 6.35 Å². The van der Waals surface area contributed by atoms with Crippen LogP contribution in [0.3, 0.4) is 0 Å². The van der Waals surface area contributed by atoms with E-state index in [1.165, 1.54) is 11.3 Å². The number of carbonyl (C=O) groups is 1. The minimum Gasteiger partial charge on any atom is -0.480 e. The summed E-state index contributed by atoms with van der Waals surface area (Å²) in [6.07, 6.45) is -0.725. The van der Waals surface area contributed by atoms with E-state index < -0.39 is 13.9 Å². The number of fused-ring (bicyclic) bond motifs is 3. The molecule has 98 valence electrons. The van der Waals surface area contributed by atoms with Crippen LogP contribution in [-0.4, -0.2) is 26.9 Å². The van der Waals surface area contributed by atoms with Gasteiger partial charge in [0.1, 0.15) is 10.6 Å². The summed E-state index contributed by atoms with van der Waals surface area (Å²) in [5.74, 6) is 0.132. The maximum absolute atomic E-state index is 12.1. The fourth-order valence-electron chi connectivity index (χ4n) is 1.95. The van der Waals surface area contributed by atoms with Crippen LogP contribution in [0.2, 0.25) is 0 Å². The third-order valence-electron chi connectivity index (χ3n) is 2.67. The Bertz CT molecular complexity index is 720. The number of ketones is 1. The molecule has 0 amide bonds. The third-order valence-corrected chi connectivity index (χ3v) is 3.96. The molecular weight excluding hydrogens is 289 g/mol. The molecule has 1 aliphatic rings. The Labute approximate surface area is 111 Å². The van der Waals surface area contributed by atoms with Gasteiger partial charge in [0, 0.05) is 5.56 Å². The molecule has 0 radical (unpaired) electrons. The lowest BCUT2D eigenvalue weighted by Gasteiger charge is -2.10. The molecule has 6 nitrogen and oxygen atoms in total. The van der Waals surface area contributed by atoms with Crippen molar-refractivity contribution in [3.8, 4) is 17.0 Å². The monoisotopic (exact) mass is 297 g/mol. The standard InChI is InChI=1S/C11H8NO5PS/c13-10-6-2-1-3-7(17-5-18(14,15)16)8(6)9-11(10)19-4-12-9/h1-4H,5H2,(H2,14,15,16). The molecule has 8 heteroatoms. The van der Waals surface area contributed by atoms with Crippen LogP contribution in [0.4, 0.5) is 0 Å². The molecule has 0 saturated carbocycles. The fraction of sp³-hybridized carbons (Fsp3) is 0.0909. The van der Waals surface area contributed by atoms with E-state index in [-0.39, 0.29) is 11.5 Å². The zero-order valence-electron chi connectivity index (χ0n) is 9.44. The quantitative estimate of drug-likeness (QED) is 0.716. The van der Waals surface area contributed by atoms with Crippen LogP contribution in [-0.2, 0) is 4.57 Å². The molecule has 0 saturated heterocycles. The molecule has 0 fully saturated rings. The lowest BCUT2D eigenvalue weighted by Crippen LogP contribution is -2.00. The Morgan fingerprint density at radius 1 is 1.37 bits per heavy atom. The maximum Gasteiger partial charge on any atom is 0.362 e. The maximum atomic E-state index is 12.1. The first-order chi connectivity index (χ1) is 8.97. The molecule has 2 aromatic rings. The van der Waals surface area contributed by atoms with Gasteiger partial charge in [-0.15, -0.1) is 11.3 Å². The van der Waals surface area contributed by atoms with Gasteiger partial charge in [-0.05, 0) is 6.07 Å². The van der Waals surface area contributed by atoms with E-state index in [2.05, 4.69) is 4.98 Å². The topological polar surface area (TPSA) is 96.7 Å². The molecule has 1 aromatic carbocycles. The van der Waals surface area contributed by atoms with Gasteiger partial charge in [0.25, 0.3) is 0 Å². The highest BCUT2D eigenvalue weighted by Crippen LogP contribution is 2.44. The predicted octanol–water partition coefficient (Wildman–Crippen LogP) is 1.87. The second kappa shape index (κ2) is 4.25. The highest BCUT2D eigenvalue weighted by atomic mass is 32.1. The van der Waals surface area contributed by atoms with E-state index in [0.717, 1.165) is 0 Å². The van der Waals surface area contributed by atoms with E-state index in [9.17, 15) is 9.36 Å². The molecule has 3 rings (SSSR count). The van der Waals surface area contributed by atoms with Crippen LogP contribution in [0, 0.1) is 0 Å². The van der Waals surface area contributed by atoms with Crippen molar-refractivity contribution in [2.75, 3.05) is 6.35 Å². The molecule has 2 N–H and O–H groups in total. The number of carbonyl (C=O) groups excluding carboxylic acids is 1. The Morgan fingerprint density at radius 3 is 2.89 bits per heavy atom. The van der Waals surface area contributed by atoms with Crippen molar-refractivity contribution < 1.29 is 23.9 Å². The second-order valence-electron chi connectivity index (χ2n) is 3.98. The van der Waals surface area contributed by atoms with Crippen molar-refractivity contribution in [2.45, 2.75) is 0 Å². The van der Waals surface area contributed by atoms with Crippen LogP contribution in [0.25, 0.3) is 11.3 Å². The summed E-state index contributed by atoms with van der Waals surface area (Å²) in [6, 6.07) is 4.83. The van der Waals surface area contributed by atoms with Crippen molar-refractivity contribution in [3.63, 3.8) is 0 Å². The average Bonchev–Trinajstić information content (AvgIpc) is 2.90. The van der Waals surface area contributed by atoms with Gasteiger partial charge in [-0.1, -0.05) is 12.1 Å². The van der Waals surface area contributed by atoms with E-state index >= 15 is 0 Å². The molecule has 0 unspecified atom stereocenters. The normalized spacial score (nSPS) is 13.3. The van der Waals surface area contributed by atoms with Crippen LogP contribution < -0.4 is 4.74 Å². The molecule has 0 aliphatic heterocycles. The van der Waals surface area contributed by atoms with Gasteiger partial charge in [-0.2, -0.15) is 0 Å². The van der Waals surface area contributed by atoms with Crippen LogP contribution in [0.1, 0.15) is 15.2 Å². The first-order valence-corrected chi connectivity index (χ1v) is 7.94. The summed E-state index contributed by atoms with van der Waals surface area (Å²) in [5, 5.41) is 0. The fourth-order valence-corrected chi connectivity index (χ4v) is 3.00. The molecule has 0 bridgehead atoms. The summed E-state index contributed by atoms with van der Waals surface area (Å²) in [6.45, 7) is 0. The third kappa shape index (κ3) is 2.11. The highest BCUT2D eigenvalue weighted by Gasteiger charge is 2.32. The lowest BCUT2D eigenvalue weighted by molar-refractivity contribution is 0.104. The van der Waals surface area contributed by atoms with Gasteiger partial charge in [-0.25, -0.2) is 4.98 Å². The highest BCUT2D eigenvalue weighted by molar-refractivity contribution is 7.51. The van der Waals surface area contributed by atoms with Gasteiger partial charge < -0.3 is 14.5 Å². The van der Waals surface area contributed by atoms with Gasteiger partial charge in [0.05, 0.1) is 16.8 Å². The number of aromatic nitrogens is 1. The molecular formula is C11H8NO5PS. The molecule has 0 spiro atoms. The molecule has 1 aromatic heterocycles. The van der Waals surface area contributed by atoms with Crippen molar-refractivity contribution in [3.05, 3.63) is 34.2 Å². The summed E-state index contributed by atoms with van der Waals surface area (Å²) in [4.78, 5) is 34.4. The van der Waals surface area contributed by atoms with Crippen molar-refractivity contribution >= 4 is 24.7 Å². The number of rotatable bonds is 3.